The van der Waals surface area contributed by atoms with Crippen LogP contribution in [0.3, 0.4) is 0 Å². The van der Waals surface area contributed by atoms with Gasteiger partial charge in [0.05, 0.1) is 22.0 Å². The van der Waals surface area contributed by atoms with Crippen LogP contribution in [0.25, 0.3) is 22.6 Å². The van der Waals surface area contributed by atoms with Crippen LogP contribution in [0.5, 0.6) is 5.75 Å². The van der Waals surface area contributed by atoms with Gasteiger partial charge in [0.15, 0.2) is 5.82 Å². The molecule has 2 aliphatic rings. The van der Waals surface area contributed by atoms with Gasteiger partial charge >= 0.3 is 0 Å². The largest absolute Gasteiger partial charge is 0.491 e. The van der Waals surface area contributed by atoms with Crippen molar-refractivity contribution in [1.82, 2.24) is 24.9 Å². The number of ether oxygens (including phenoxy) is 1. The first kappa shape index (κ1) is 28.8. The number of likely N-dealkylation sites (N-methyl/N-ethyl adjacent to an activating group) is 1. The van der Waals surface area contributed by atoms with E-state index < -0.39 is 6.10 Å². The SMILES string of the molecule is Cc1noc(C)c1-c1nc(-c2cc(OC[C@H](O)CN(C)C)ccc2Cl)nc(N[C@H]2CCN(C3CC3)[C@@H](C)C2)c1C. The van der Waals surface area contributed by atoms with Gasteiger partial charge in [0, 0.05) is 42.3 Å². The minimum Gasteiger partial charge on any atom is -0.491 e. The Hall–Kier alpha value is -2.72. The Labute approximate surface area is 241 Å². The highest BCUT2D eigenvalue weighted by Crippen LogP contribution is 2.37. The maximum Gasteiger partial charge on any atom is 0.163 e. The number of likely N-dealkylation sites (tertiary alicyclic amines) is 1. The summed E-state index contributed by atoms with van der Waals surface area (Å²) >= 11 is 6.71. The molecular weight excluding hydrogens is 528 g/mol. The summed E-state index contributed by atoms with van der Waals surface area (Å²) in [4.78, 5) is 14.6. The van der Waals surface area contributed by atoms with Gasteiger partial charge in [0.2, 0.25) is 0 Å². The minimum absolute atomic E-state index is 0.170. The Morgan fingerprint density at radius 3 is 2.62 bits per heavy atom. The Morgan fingerprint density at radius 2 is 1.98 bits per heavy atom. The Kier molecular flexibility index (Phi) is 8.66. The summed E-state index contributed by atoms with van der Waals surface area (Å²) in [5, 5.41) is 18.7. The van der Waals surface area contributed by atoms with Gasteiger partial charge in [-0.1, -0.05) is 16.8 Å². The first-order valence-electron chi connectivity index (χ1n) is 14.2. The molecule has 1 saturated carbocycles. The Morgan fingerprint density at radius 1 is 1.20 bits per heavy atom. The second-order valence-corrected chi connectivity index (χ2v) is 12.0. The van der Waals surface area contributed by atoms with E-state index in [-0.39, 0.29) is 6.61 Å². The van der Waals surface area contributed by atoms with E-state index in [4.69, 9.17) is 30.8 Å². The molecule has 0 spiro atoms. The quantitative estimate of drug-likeness (QED) is 0.346. The second kappa shape index (κ2) is 12.0. The molecule has 2 fully saturated rings. The molecule has 2 aromatic heterocycles. The molecule has 3 heterocycles. The molecule has 40 heavy (non-hydrogen) atoms. The maximum absolute atomic E-state index is 10.3. The van der Waals surface area contributed by atoms with Crippen molar-refractivity contribution < 1.29 is 14.4 Å². The molecule has 3 atom stereocenters. The Bertz CT molecular complexity index is 1320. The molecule has 0 radical (unpaired) electrons. The normalized spacial score (nSPS) is 20.6. The molecule has 1 aliphatic heterocycles. The number of aromatic nitrogens is 3. The molecule has 0 bridgehead atoms. The topological polar surface area (TPSA) is 99.8 Å². The summed E-state index contributed by atoms with van der Waals surface area (Å²) < 4.78 is 11.4. The van der Waals surface area contributed by atoms with Crippen molar-refractivity contribution in [3.63, 3.8) is 0 Å². The zero-order valence-corrected chi connectivity index (χ0v) is 25.1. The van der Waals surface area contributed by atoms with E-state index in [0.717, 1.165) is 53.8 Å². The first-order chi connectivity index (χ1) is 19.1. The van der Waals surface area contributed by atoms with Crippen LogP contribution in [0.4, 0.5) is 5.82 Å². The third-order valence-corrected chi connectivity index (χ3v) is 8.23. The highest BCUT2D eigenvalue weighted by molar-refractivity contribution is 6.33. The standard InChI is InChI=1S/C30H41ClN6O3/c1-17-13-21(11-12-37(17)22-7-8-22)32-29-18(2)28(27-19(3)35-40-20(27)4)33-30(34-29)25-14-24(9-10-26(25)31)39-16-23(38)15-36(5)6/h9-10,14,17,21-23,38H,7-8,11-13,15-16H2,1-6H3,(H,32,33,34)/t17-,21-,23+/m0/s1. The predicted molar refractivity (Wildman–Crippen MR) is 158 cm³/mol. The number of aliphatic hydroxyl groups is 1. The van der Waals surface area contributed by atoms with E-state index in [2.05, 4.69) is 22.3 Å². The van der Waals surface area contributed by atoms with Crippen LogP contribution < -0.4 is 10.1 Å². The van der Waals surface area contributed by atoms with Crippen molar-refractivity contribution in [2.24, 2.45) is 0 Å². The molecule has 1 aliphatic carbocycles. The molecule has 2 N–H and O–H groups in total. The fraction of sp³-hybridized carbons (Fsp3) is 0.567. The lowest BCUT2D eigenvalue weighted by Crippen LogP contribution is -2.46. The second-order valence-electron chi connectivity index (χ2n) is 11.6. The van der Waals surface area contributed by atoms with Gasteiger partial charge < -0.3 is 24.6 Å². The van der Waals surface area contributed by atoms with Gasteiger partial charge in [-0.25, -0.2) is 9.97 Å². The minimum atomic E-state index is -0.611. The lowest BCUT2D eigenvalue weighted by molar-refractivity contribution is 0.0831. The smallest absolute Gasteiger partial charge is 0.163 e. The van der Waals surface area contributed by atoms with E-state index in [1.807, 2.05) is 45.8 Å². The fourth-order valence-corrected chi connectivity index (χ4v) is 5.94. The van der Waals surface area contributed by atoms with E-state index in [9.17, 15) is 5.11 Å². The van der Waals surface area contributed by atoms with Crippen molar-refractivity contribution in [1.29, 1.82) is 0 Å². The van der Waals surface area contributed by atoms with Crippen molar-refractivity contribution in [3.05, 3.63) is 40.2 Å². The van der Waals surface area contributed by atoms with Crippen LogP contribution in [0.2, 0.25) is 5.02 Å². The van der Waals surface area contributed by atoms with Gasteiger partial charge in [-0.2, -0.15) is 0 Å². The number of piperidine rings is 1. The average Bonchev–Trinajstić information content (AvgIpc) is 3.68. The van der Waals surface area contributed by atoms with Crippen LogP contribution in [-0.4, -0.2) is 88.1 Å². The van der Waals surface area contributed by atoms with Crippen molar-refractivity contribution >= 4 is 17.4 Å². The monoisotopic (exact) mass is 568 g/mol. The molecule has 3 aromatic rings. The lowest BCUT2D eigenvalue weighted by Gasteiger charge is -2.38. The number of halogens is 1. The third-order valence-electron chi connectivity index (χ3n) is 7.90. The number of rotatable bonds is 10. The zero-order valence-electron chi connectivity index (χ0n) is 24.4. The van der Waals surface area contributed by atoms with E-state index in [0.29, 0.717) is 46.5 Å². The molecule has 1 saturated heterocycles. The summed E-state index contributed by atoms with van der Waals surface area (Å²) in [6.07, 6.45) is 4.18. The summed E-state index contributed by atoms with van der Waals surface area (Å²) in [6, 6.07) is 7.04. The van der Waals surface area contributed by atoms with Gasteiger partial charge in [0.25, 0.3) is 0 Å². The van der Waals surface area contributed by atoms with Crippen LogP contribution in [0.1, 0.15) is 49.6 Å². The summed E-state index contributed by atoms with van der Waals surface area (Å²) in [6.45, 7) is 9.99. The van der Waals surface area contributed by atoms with Gasteiger partial charge in [-0.15, -0.1) is 0 Å². The number of nitrogens with zero attached hydrogens (tertiary/aromatic N) is 5. The van der Waals surface area contributed by atoms with Crippen LogP contribution >= 0.6 is 11.6 Å². The summed E-state index contributed by atoms with van der Waals surface area (Å²) in [7, 11) is 3.83. The zero-order chi connectivity index (χ0) is 28.6. The number of aryl methyl sites for hydroxylation is 2. The average molecular weight is 569 g/mol. The summed E-state index contributed by atoms with van der Waals surface area (Å²) in [5.74, 6) is 2.59. The lowest BCUT2D eigenvalue weighted by atomic mass is 9.97. The molecule has 9 nitrogen and oxygen atoms in total. The molecule has 0 unspecified atom stereocenters. The van der Waals surface area contributed by atoms with Gasteiger partial charge in [-0.05, 0) is 85.7 Å². The van der Waals surface area contributed by atoms with Crippen molar-refractivity contribution in [2.45, 2.75) is 77.6 Å². The van der Waals surface area contributed by atoms with Gasteiger partial charge in [0.1, 0.15) is 30.0 Å². The molecule has 5 rings (SSSR count). The number of nitrogens with one attached hydrogen (secondary N) is 1. The van der Waals surface area contributed by atoms with Crippen LogP contribution in [0.15, 0.2) is 22.7 Å². The molecular formula is C30H41ClN6O3. The van der Waals surface area contributed by atoms with Crippen molar-refractivity contribution in [3.8, 4) is 28.4 Å². The van der Waals surface area contributed by atoms with E-state index in [1.54, 1.807) is 12.1 Å². The number of hydrogen-bond donors (Lipinski definition) is 2. The highest BCUT2D eigenvalue weighted by Gasteiger charge is 2.36. The fourth-order valence-electron chi connectivity index (χ4n) is 5.74. The number of hydrogen-bond acceptors (Lipinski definition) is 9. The number of aliphatic hydroxyl groups excluding tert-OH is 1. The maximum atomic E-state index is 10.3. The highest BCUT2D eigenvalue weighted by atomic mass is 35.5. The predicted octanol–water partition coefficient (Wildman–Crippen LogP) is 5.11. The Balaban J connectivity index is 1.48. The third kappa shape index (κ3) is 6.43. The van der Waals surface area contributed by atoms with Gasteiger partial charge in [-0.3, -0.25) is 4.90 Å². The van der Waals surface area contributed by atoms with Crippen LogP contribution in [-0.2, 0) is 0 Å². The number of benzene rings is 1. The van der Waals surface area contributed by atoms with Crippen molar-refractivity contribution in [2.75, 3.05) is 39.1 Å². The molecule has 0 amide bonds. The van der Waals surface area contributed by atoms with E-state index >= 15 is 0 Å². The molecule has 216 valence electrons. The molecule has 1 aromatic carbocycles. The first-order valence-corrected chi connectivity index (χ1v) is 14.6. The van der Waals surface area contributed by atoms with E-state index in [1.165, 1.54) is 12.8 Å². The summed E-state index contributed by atoms with van der Waals surface area (Å²) in [5.41, 5.74) is 4.04. The van der Waals surface area contributed by atoms with Crippen LogP contribution in [0, 0.1) is 20.8 Å². The number of anilines is 1. The molecule has 10 heteroatoms.